The van der Waals surface area contributed by atoms with Gasteiger partial charge in [0.15, 0.2) is 8.32 Å². The molecule has 4 rings (SSSR count). The monoisotopic (exact) mass is 468 g/mol. The number of nitrogens with one attached hydrogen (secondary N) is 1. The van der Waals surface area contributed by atoms with Crippen LogP contribution in [0.25, 0.3) is 11.3 Å². The molecule has 2 heterocycles. The van der Waals surface area contributed by atoms with Crippen molar-refractivity contribution < 1.29 is 18.2 Å². The van der Waals surface area contributed by atoms with Gasteiger partial charge >= 0.3 is 0 Å². The van der Waals surface area contributed by atoms with Gasteiger partial charge in [0.05, 0.1) is 0 Å². The smallest absolute Gasteiger partial charge is 0.290 e. The van der Waals surface area contributed by atoms with Crippen LogP contribution < -0.4 is 5.32 Å². The van der Waals surface area contributed by atoms with Gasteiger partial charge in [-0.25, -0.2) is 0 Å². The van der Waals surface area contributed by atoms with Crippen LogP contribution in [0.2, 0.25) is 18.1 Å². The molecule has 1 amide bonds. The van der Waals surface area contributed by atoms with Gasteiger partial charge < -0.3 is 18.7 Å². The van der Waals surface area contributed by atoms with E-state index in [0.29, 0.717) is 17.5 Å². The SMILES string of the molecule is C[C@@H](O[Si](C)(C)C(C)(C)C)c1nnc([C@H]2C[C@H](NC(=O)c3cc(-c4ccccc4)no3)C2)o1. The zero-order valence-corrected chi connectivity index (χ0v) is 21.1. The average Bonchev–Trinajstić information content (AvgIpc) is 3.40. The molecule has 9 heteroatoms. The number of rotatable bonds is 7. The standard InChI is InChI=1S/C24H32N4O4Si/c1-15(32-33(5,6)24(2,3)4)22-26-27-23(30-22)17-12-18(13-17)25-21(29)20-14-19(28-31-20)16-10-8-7-9-11-16/h7-11,14-15,17-18H,12-13H2,1-6H3,(H,25,29)/t15-,17-,18-/m1/s1. The van der Waals surface area contributed by atoms with Crippen LogP contribution in [0.3, 0.4) is 0 Å². The number of benzene rings is 1. The zero-order valence-electron chi connectivity index (χ0n) is 20.1. The third-order valence-corrected chi connectivity index (χ3v) is 11.3. The molecule has 0 aliphatic heterocycles. The fourth-order valence-corrected chi connectivity index (χ4v) is 4.90. The lowest BCUT2D eigenvalue weighted by molar-refractivity contribution is 0.0864. The van der Waals surface area contributed by atoms with Crippen molar-refractivity contribution in [2.24, 2.45) is 0 Å². The molecule has 1 aliphatic rings. The second kappa shape index (κ2) is 8.87. The Morgan fingerprint density at radius 2 is 1.88 bits per heavy atom. The number of carbonyl (C=O) groups is 1. The molecule has 8 nitrogen and oxygen atoms in total. The first-order valence-corrected chi connectivity index (χ1v) is 14.3. The highest BCUT2D eigenvalue weighted by molar-refractivity contribution is 6.74. The van der Waals surface area contributed by atoms with Gasteiger partial charge in [-0.3, -0.25) is 4.79 Å². The molecule has 1 atom stereocenters. The van der Waals surface area contributed by atoms with E-state index in [1.54, 1.807) is 6.07 Å². The third-order valence-electron chi connectivity index (χ3n) is 6.71. The highest BCUT2D eigenvalue weighted by atomic mass is 28.4. The van der Waals surface area contributed by atoms with Gasteiger partial charge in [-0.1, -0.05) is 56.3 Å². The van der Waals surface area contributed by atoms with Gasteiger partial charge in [0.1, 0.15) is 11.8 Å². The number of aromatic nitrogens is 3. The van der Waals surface area contributed by atoms with Crippen molar-refractivity contribution in [3.8, 4) is 11.3 Å². The molecule has 1 saturated carbocycles. The molecular formula is C24H32N4O4Si. The van der Waals surface area contributed by atoms with E-state index in [4.69, 9.17) is 13.4 Å². The first-order chi connectivity index (χ1) is 15.5. The summed E-state index contributed by atoms with van der Waals surface area (Å²) in [6.45, 7) is 13.0. The Kier molecular flexibility index (Phi) is 6.28. The molecule has 1 N–H and O–H groups in total. The lowest BCUT2D eigenvalue weighted by Crippen LogP contribution is -2.43. The lowest BCUT2D eigenvalue weighted by atomic mass is 9.80. The Morgan fingerprint density at radius 1 is 1.18 bits per heavy atom. The minimum absolute atomic E-state index is 0.0315. The predicted octanol–water partition coefficient (Wildman–Crippen LogP) is 5.48. The lowest BCUT2D eigenvalue weighted by Gasteiger charge is -2.37. The zero-order chi connectivity index (χ0) is 23.8. The number of hydrogen-bond donors (Lipinski definition) is 1. The van der Waals surface area contributed by atoms with Crippen LogP contribution in [0.5, 0.6) is 0 Å². The Hall–Kier alpha value is -2.78. The molecule has 3 aromatic rings. The van der Waals surface area contributed by atoms with E-state index in [-0.39, 0.29) is 34.8 Å². The summed E-state index contributed by atoms with van der Waals surface area (Å²) >= 11 is 0. The number of nitrogens with zero attached hydrogens (tertiary/aromatic N) is 3. The first-order valence-electron chi connectivity index (χ1n) is 11.4. The summed E-state index contributed by atoms with van der Waals surface area (Å²) in [5.41, 5.74) is 1.54. The summed E-state index contributed by atoms with van der Waals surface area (Å²) in [6, 6.07) is 11.3. The summed E-state index contributed by atoms with van der Waals surface area (Å²) < 4.78 is 17.5. The number of carbonyl (C=O) groups excluding carboxylic acids is 1. The maximum Gasteiger partial charge on any atom is 0.290 e. The minimum Gasteiger partial charge on any atom is -0.422 e. The molecule has 0 spiro atoms. The van der Waals surface area contributed by atoms with Crippen LogP contribution in [0, 0.1) is 0 Å². The Morgan fingerprint density at radius 3 is 2.55 bits per heavy atom. The normalized spacial score (nSPS) is 19.7. The van der Waals surface area contributed by atoms with Crippen molar-refractivity contribution in [3.05, 3.63) is 53.9 Å². The summed E-state index contributed by atoms with van der Waals surface area (Å²) in [6.07, 6.45) is 1.24. The highest BCUT2D eigenvalue weighted by Crippen LogP contribution is 2.40. The van der Waals surface area contributed by atoms with Gasteiger partial charge in [0, 0.05) is 23.6 Å². The molecule has 33 heavy (non-hydrogen) atoms. The Bertz CT molecular complexity index is 1100. The summed E-state index contributed by atoms with van der Waals surface area (Å²) in [5, 5.41) is 15.6. The van der Waals surface area contributed by atoms with Crippen LogP contribution in [0.15, 0.2) is 45.3 Å². The van der Waals surface area contributed by atoms with Crippen LogP contribution in [-0.4, -0.2) is 35.6 Å². The maximum absolute atomic E-state index is 12.5. The summed E-state index contributed by atoms with van der Waals surface area (Å²) in [5.74, 6) is 1.18. The van der Waals surface area contributed by atoms with Crippen LogP contribution in [0.1, 0.15) is 74.9 Å². The van der Waals surface area contributed by atoms with Gasteiger partial charge in [0.2, 0.25) is 17.5 Å². The van der Waals surface area contributed by atoms with Crippen LogP contribution in [-0.2, 0) is 4.43 Å². The second-order valence-corrected chi connectivity index (χ2v) is 15.0. The second-order valence-electron chi connectivity index (χ2n) is 10.3. The first kappa shape index (κ1) is 23.4. The number of hydrogen-bond acceptors (Lipinski definition) is 7. The Balaban J connectivity index is 1.29. The molecule has 1 fully saturated rings. The van der Waals surface area contributed by atoms with Crippen molar-refractivity contribution in [2.75, 3.05) is 0 Å². The maximum atomic E-state index is 12.5. The van der Waals surface area contributed by atoms with Crippen molar-refractivity contribution in [1.29, 1.82) is 0 Å². The van der Waals surface area contributed by atoms with E-state index < -0.39 is 8.32 Å². The molecular weight excluding hydrogens is 436 g/mol. The molecule has 0 saturated heterocycles. The quantitative estimate of drug-likeness (QED) is 0.458. The predicted molar refractivity (Wildman–Crippen MR) is 126 cm³/mol. The van der Waals surface area contributed by atoms with Gasteiger partial charge in [-0.15, -0.1) is 10.2 Å². The van der Waals surface area contributed by atoms with Gasteiger partial charge in [0.25, 0.3) is 5.91 Å². The van der Waals surface area contributed by atoms with E-state index in [1.807, 2.05) is 37.3 Å². The van der Waals surface area contributed by atoms with Crippen molar-refractivity contribution >= 4 is 14.2 Å². The largest absolute Gasteiger partial charge is 0.422 e. The fourth-order valence-electron chi connectivity index (χ4n) is 3.57. The molecule has 176 valence electrons. The molecule has 0 bridgehead atoms. The molecule has 0 radical (unpaired) electrons. The van der Waals surface area contributed by atoms with Gasteiger partial charge in [-0.05, 0) is 37.9 Å². The molecule has 1 aromatic carbocycles. The van der Waals surface area contributed by atoms with E-state index in [0.717, 1.165) is 18.4 Å². The van der Waals surface area contributed by atoms with Gasteiger partial charge in [-0.2, -0.15) is 0 Å². The minimum atomic E-state index is -1.93. The summed E-state index contributed by atoms with van der Waals surface area (Å²) in [4.78, 5) is 12.5. The topological polar surface area (TPSA) is 103 Å². The van der Waals surface area contributed by atoms with Crippen molar-refractivity contribution in [3.63, 3.8) is 0 Å². The summed E-state index contributed by atoms with van der Waals surface area (Å²) in [7, 11) is -1.93. The van der Waals surface area contributed by atoms with E-state index in [1.165, 1.54) is 0 Å². The Labute approximate surface area is 195 Å². The van der Waals surface area contributed by atoms with Crippen LogP contribution >= 0.6 is 0 Å². The highest BCUT2D eigenvalue weighted by Gasteiger charge is 2.40. The average molecular weight is 469 g/mol. The molecule has 1 aliphatic carbocycles. The fraction of sp³-hybridized carbons (Fsp3) is 0.500. The van der Waals surface area contributed by atoms with E-state index in [9.17, 15) is 4.79 Å². The van der Waals surface area contributed by atoms with E-state index in [2.05, 4.69) is 54.5 Å². The van der Waals surface area contributed by atoms with E-state index >= 15 is 0 Å². The molecule has 2 aromatic heterocycles. The van der Waals surface area contributed by atoms with Crippen molar-refractivity contribution in [2.45, 2.75) is 76.7 Å². The van der Waals surface area contributed by atoms with Crippen molar-refractivity contribution in [1.82, 2.24) is 20.7 Å². The third kappa shape index (κ3) is 5.09. The molecule has 0 unspecified atom stereocenters. The van der Waals surface area contributed by atoms with Crippen LogP contribution in [0.4, 0.5) is 0 Å². The number of amides is 1.